The lowest BCUT2D eigenvalue weighted by Crippen LogP contribution is -2.45. The quantitative estimate of drug-likeness (QED) is 0.713. The van der Waals surface area contributed by atoms with Crippen LogP contribution < -0.4 is 9.64 Å². The van der Waals surface area contributed by atoms with Gasteiger partial charge in [-0.3, -0.25) is 9.69 Å². The van der Waals surface area contributed by atoms with E-state index in [0.29, 0.717) is 17.6 Å². The van der Waals surface area contributed by atoms with Gasteiger partial charge in [-0.25, -0.2) is 0 Å². The molecule has 1 aliphatic heterocycles. The molecular weight excluding hydrogens is 376 g/mol. The second-order valence-corrected chi connectivity index (χ2v) is 7.60. The zero-order valence-electron chi connectivity index (χ0n) is 16.2. The Morgan fingerprint density at radius 2 is 1.93 bits per heavy atom. The van der Waals surface area contributed by atoms with E-state index < -0.39 is 5.97 Å². The smallest absolute Gasteiger partial charge is 0.304 e. The van der Waals surface area contributed by atoms with Crippen molar-refractivity contribution in [1.82, 2.24) is 4.90 Å². The van der Waals surface area contributed by atoms with Crippen LogP contribution in [0.3, 0.4) is 0 Å². The predicted octanol–water partition coefficient (Wildman–Crippen LogP) is 4.29. The van der Waals surface area contributed by atoms with Gasteiger partial charge in [-0.2, -0.15) is 0 Å². The fraction of sp³-hybridized carbons (Fsp3) is 0.409. The summed E-state index contributed by atoms with van der Waals surface area (Å²) in [4.78, 5) is 15.8. The minimum Gasteiger partial charge on any atom is -0.497 e. The summed E-state index contributed by atoms with van der Waals surface area (Å²) in [6.07, 6.45) is 2.17. The van der Waals surface area contributed by atoms with Gasteiger partial charge in [0, 0.05) is 49.0 Å². The summed E-state index contributed by atoms with van der Waals surface area (Å²) in [5.74, 6) is 0.111. The van der Waals surface area contributed by atoms with E-state index in [1.54, 1.807) is 7.11 Å². The number of carboxylic acid groups (broad SMARTS) is 1. The third kappa shape index (κ3) is 5.63. The molecule has 3 rings (SSSR count). The van der Waals surface area contributed by atoms with Gasteiger partial charge >= 0.3 is 5.97 Å². The highest BCUT2D eigenvalue weighted by atomic mass is 35.5. The van der Waals surface area contributed by atoms with E-state index >= 15 is 0 Å². The van der Waals surface area contributed by atoms with Crippen LogP contribution in [0.15, 0.2) is 48.5 Å². The van der Waals surface area contributed by atoms with Gasteiger partial charge in [-0.15, -0.1) is 0 Å². The number of nitrogens with zero attached hydrogens (tertiary/aromatic N) is 2. The predicted molar refractivity (Wildman–Crippen MR) is 112 cm³/mol. The second kappa shape index (κ2) is 9.80. The molecule has 28 heavy (non-hydrogen) atoms. The first-order valence-corrected chi connectivity index (χ1v) is 10.0. The Bertz CT molecular complexity index is 774. The highest BCUT2D eigenvalue weighted by Gasteiger charge is 2.25. The molecule has 0 aromatic heterocycles. The molecule has 0 atom stereocenters. The molecule has 0 unspecified atom stereocenters. The zero-order valence-corrected chi connectivity index (χ0v) is 16.9. The Morgan fingerprint density at radius 1 is 1.21 bits per heavy atom. The van der Waals surface area contributed by atoms with Crippen molar-refractivity contribution in [3.8, 4) is 5.75 Å². The number of hydrogen-bond donors (Lipinski definition) is 1. The van der Waals surface area contributed by atoms with Crippen LogP contribution in [0.5, 0.6) is 5.75 Å². The fourth-order valence-electron chi connectivity index (χ4n) is 3.75. The minimum absolute atomic E-state index is 0.156. The van der Waals surface area contributed by atoms with Gasteiger partial charge in [0.15, 0.2) is 0 Å². The van der Waals surface area contributed by atoms with Crippen molar-refractivity contribution < 1.29 is 14.6 Å². The standard InChI is InChI=1S/C22H27ClN2O3/c1-28-21-4-2-3-20(15-21)24-12-9-19(10-13-24)25(14-11-22(26)27)16-17-5-7-18(23)8-6-17/h2-8,15,19H,9-14,16H2,1H3,(H,26,27). The lowest BCUT2D eigenvalue weighted by Gasteiger charge is -2.39. The lowest BCUT2D eigenvalue weighted by atomic mass is 10.0. The van der Waals surface area contributed by atoms with Crippen LogP contribution in [0.25, 0.3) is 0 Å². The molecule has 0 saturated carbocycles. The molecule has 0 bridgehead atoms. The monoisotopic (exact) mass is 402 g/mol. The van der Waals surface area contributed by atoms with Crippen LogP contribution in [0.4, 0.5) is 5.69 Å². The Kier molecular flexibility index (Phi) is 7.18. The van der Waals surface area contributed by atoms with Crippen molar-refractivity contribution in [2.24, 2.45) is 0 Å². The number of methoxy groups -OCH3 is 1. The molecule has 2 aromatic rings. The Morgan fingerprint density at radius 3 is 2.57 bits per heavy atom. The number of halogens is 1. The molecule has 1 fully saturated rings. The fourth-order valence-corrected chi connectivity index (χ4v) is 3.88. The summed E-state index contributed by atoms with van der Waals surface area (Å²) in [6, 6.07) is 16.3. The number of anilines is 1. The van der Waals surface area contributed by atoms with Crippen molar-refractivity contribution in [2.75, 3.05) is 31.6 Å². The van der Waals surface area contributed by atoms with Gasteiger partial charge in [-0.1, -0.05) is 29.8 Å². The molecule has 1 aliphatic rings. The summed E-state index contributed by atoms with van der Waals surface area (Å²) in [7, 11) is 1.68. The molecule has 0 radical (unpaired) electrons. The van der Waals surface area contributed by atoms with Gasteiger partial charge in [0.2, 0.25) is 0 Å². The zero-order chi connectivity index (χ0) is 19.9. The Labute approximate surface area is 171 Å². The first-order chi connectivity index (χ1) is 13.5. The minimum atomic E-state index is -0.755. The van der Waals surface area contributed by atoms with Crippen LogP contribution in [-0.4, -0.2) is 48.8 Å². The van der Waals surface area contributed by atoms with Crippen molar-refractivity contribution >= 4 is 23.3 Å². The number of hydrogen-bond acceptors (Lipinski definition) is 4. The summed E-state index contributed by atoms with van der Waals surface area (Å²) < 4.78 is 5.33. The van der Waals surface area contributed by atoms with E-state index in [4.69, 9.17) is 21.4 Å². The van der Waals surface area contributed by atoms with Crippen LogP contribution in [0.1, 0.15) is 24.8 Å². The van der Waals surface area contributed by atoms with E-state index in [0.717, 1.165) is 43.8 Å². The van der Waals surface area contributed by atoms with Gasteiger partial charge in [0.1, 0.15) is 5.75 Å². The maximum Gasteiger partial charge on any atom is 0.304 e. The number of piperidine rings is 1. The summed E-state index contributed by atoms with van der Waals surface area (Å²) in [5.41, 5.74) is 2.33. The summed E-state index contributed by atoms with van der Waals surface area (Å²) in [5, 5.41) is 9.85. The molecule has 6 heteroatoms. The van der Waals surface area contributed by atoms with E-state index in [1.807, 2.05) is 36.4 Å². The Balaban J connectivity index is 1.64. The summed E-state index contributed by atoms with van der Waals surface area (Å²) in [6.45, 7) is 3.19. The Hall–Kier alpha value is -2.24. The van der Waals surface area contributed by atoms with E-state index in [2.05, 4.69) is 21.9 Å². The van der Waals surface area contributed by atoms with Gasteiger partial charge in [0.05, 0.1) is 13.5 Å². The largest absolute Gasteiger partial charge is 0.497 e. The van der Waals surface area contributed by atoms with Crippen LogP contribution >= 0.6 is 11.6 Å². The normalized spacial score (nSPS) is 15.0. The number of carboxylic acids is 1. The number of carbonyl (C=O) groups is 1. The van der Waals surface area contributed by atoms with Gasteiger partial charge < -0.3 is 14.7 Å². The second-order valence-electron chi connectivity index (χ2n) is 7.16. The highest BCUT2D eigenvalue weighted by Crippen LogP contribution is 2.26. The maximum absolute atomic E-state index is 11.1. The van der Waals surface area contributed by atoms with Crippen molar-refractivity contribution in [1.29, 1.82) is 0 Å². The molecule has 0 spiro atoms. The third-order valence-electron chi connectivity index (χ3n) is 5.31. The van der Waals surface area contributed by atoms with Gasteiger partial charge in [-0.05, 0) is 42.7 Å². The molecule has 150 valence electrons. The van der Waals surface area contributed by atoms with Crippen LogP contribution in [0, 0.1) is 0 Å². The molecule has 0 amide bonds. The number of benzene rings is 2. The maximum atomic E-state index is 11.1. The third-order valence-corrected chi connectivity index (χ3v) is 5.56. The molecular formula is C22H27ClN2O3. The molecule has 1 N–H and O–H groups in total. The highest BCUT2D eigenvalue weighted by molar-refractivity contribution is 6.30. The molecule has 1 heterocycles. The number of ether oxygens (including phenoxy) is 1. The SMILES string of the molecule is COc1cccc(N2CCC(N(CCC(=O)O)Cc3ccc(Cl)cc3)CC2)c1. The van der Waals surface area contributed by atoms with Crippen LogP contribution in [0.2, 0.25) is 5.02 Å². The molecule has 5 nitrogen and oxygen atoms in total. The van der Waals surface area contributed by atoms with Gasteiger partial charge in [0.25, 0.3) is 0 Å². The molecule has 1 saturated heterocycles. The first-order valence-electron chi connectivity index (χ1n) is 9.64. The molecule has 2 aromatic carbocycles. The first kappa shape index (κ1) is 20.5. The number of aliphatic carboxylic acids is 1. The topological polar surface area (TPSA) is 53.0 Å². The summed E-state index contributed by atoms with van der Waals surface area (Å²) >= 11 is 5.99. The average molecular weight is 403 g/mol. The average Bonchev–Trinajstić information content (AvgIpc) is 2.72. The van der Waals surface area contributed by atoms with E-state index in [-0.39, 0.29) is 6.42 Å². The van der Waals surface area contributed by atoms with Crippen molar-refractivity contribution in [2.45, 2.75) is 31.8 Å². The van der Waals surface area contributed by atoms with Crippen molar-refractivity contribution in [3.05, 3.63) is 59.1 Å². The van der Waals surface area contributed by atoms with E-state index in [1.165, 1.54) is 5.69 Å². The number of rotatable bonds is 8. The van der Waals surface area contributed by atoms with Crippen LogP contribution in [-0.2, 0) is 11.3 Å². The molecule has 0 aliphatic carbocycles. The lowest BCUT2D eigenvalue weighted by molar-refractivity contribution is -0.137. The van der Waals surface area contributed by atoms with Crippen molar-refractivity contribution in [3.63, 3.8) is 0 Å². The van der Waals surface area contributed by atoms with E-state index in [9.17, 15) is 4.79 Å².